The second-order valence-corrected chi connectivity index (χ2v) is 9.27. The quantitative estimate of drug-likeness (QED) is 0.648. The van der Waals surface area contributed by atoms with Crippen molar-refractivity contribution in [3.05, 3.63) is 75.3 Å². The van der Waals surface area contributed by atoms with Crippen LogP contribution in [0.2, 0.25) is 0 Å². The molecule has 2 fully saturated rings. The number of halogens is 1. The van der Waals surface area contributed by atoms with Crippen LogP contribution < -0.4 is 15.8 Å². The lowest BCUT2D eigenvalue weighted by molar-refractivity contribution is 0.0930. The molecule has 1 saturated heterocycles. The molecule has 2 heterocycles. The second kappa shape index (κ2) is 7.45. The predicted octanol–water partition coefficient (Wildman–Crippen LogP) is 3.14. The molecule has 0 atom stereocenters. The van der Waals surface area contributed by atoms with Gasteiger partial charge in [-0.15, -0.1) is 0 Å². The second-order valence-electron chi connectivity index (χ2n) is 9.27. The van der Waals surface area contributed by atoms with Crippen molar-refractivity contribution >= 4 is 22.5 Å². The van der Waals surface area contributed by atoms with Crippen molar-refractivity contribution in [3.63, 3.8) is 0 Å². The van der Waals surface area contributed by atoms with E-state index in [2.05, 4.69) is 40.3 Å². The number of benzene rings is 2. The Hall–Kier alpha value is -3.19. The summed E-state index contributed by atoms with van der Waals surface area (Å²) in [6.07, 6.45) is 1.42. The molecule has 5 rings (SSSR count). The highest BCUT2D eigenvalue weighted by molar-refractivity contribution is 5.98. The smallest absolute Gasteiger partial charge is 0.252 e. The zero-order valence-electron chi connectivity index (χ0n) is 18.5. The molecule has 6 nitrogen and oxygen atoms in total. The fourth-order valence-electron chi connectivity index (χ4n) is 4.56. The maximum atomic E-state index is 14.3. The number of rotatable bonds is 5. The summed E-state index contributed by atoms with van der Waals surface area (Å²) in [5.41, 5.74) is 2.40. The van der Waals surface area contributed by atoms with Gasteiger partial charge in [-0.05, 0) is 63.2 Å². The van der Waals surface area contributed by atoms with Crippen LogP contribution in [0, 0.1) is 12.7 Å². The van der Waals surface area contributed by atoms with Crippen molar-refractivity contribution in [2.45, 2.75) is 31.3 Å². The standard InChI is InChI=1S/C25H27FN4O2/c1-15-7-8-16(30-13-17(14-30)29(2)3)11-19(15)24(32)28-25(9-10-25)20-12-22(31)27-23-18(20)5-4-6-21(23)26/h4-8,11-12,17H,9-10,13-14H2,1-3H3,(H,27,31)(H,28,32). The van der Waals surface area contributed by atoms with E-state index in [4.69, 9.17) is 0 Å². The van der Waals surface area contributed by atoms with Crippen LogP contribution in [0.1, 0.15) is 34.3 Å². The van der Waals surface area contributed by atoms with Crippen LogP contribution in [-0.4, -0.2) is 49.0 Å². The highest BCUT2D eigenvalue weighted by Gasteiger charge is 2.47. The molecule has 0 bridgehead atoms. The third kappa shape index (κ3) is 3.46. The largest absolute Gasteiger partial charge is 0.368 e. The molecule has 166 valence electrons. The molecule has 2 aromatic carbocycles. The molecule has 1 amide bonds. The Morgan fingerprint density at radius 3 is 2.62 bits per heavy atom. The van der Waals surface area contributed by atoms with Gasteiger partial charge < -0.3 is 20.1 Å². The normalized spacial score (nSPS) is 17.5. The first-order chi connectivity index (χ1) is 15.3. The van der Waals surface area contributed by atoms with Crippen LogP contribution in [0.5, 0.6) is 0 Å². The van der Waals surface area contributed by atoms with Gasteiger partial charge in [0.05, 0.1) is 11.1 Å². The Bertz CT molecular complexity index is 1270. The lowest BCUT2D eigenvalue weighted by Crippen LogP contribution is -2.57. The number of para-hydroxylation sites is 1. The molecule has 1 aromatic heterocycles. The van der Waals surface area contributed by atoms with Gasteiger partial charge in [0.15, 0.2) is 0 Å². The number of likely N-dealkylation sites (N-methyl/N-ethyl adjacent to an activating group) is 1. The van der Waals surface area contributed by atoms with E-state index in [0.29, 0.717) is 35.4 Å². The number of aromatic nitrogens is 1. The van der Waals surface area contributed by atoms with Gasteiger partial charge in [-0.25, -0.2) is 4.39 Å². The highest BCUT2D eigenvalue weighted by Crippen LogP contribution is 2.47. The van der Waals surface area contributed by atoms with Crippen LogP contribution >= 0.6 is 0 Å². The minimum atomic E-state index is -0.646. The summed E-state index contributed by atoms with van der Waals surface area (Å²) in [4.78, 5) is 32.6. The highest BCUT2D eigenvalue weighted by atomic mass is 19.1. The molecule has 0 unspecified atom stereocenters. The number of carbonyl (C=O) groups excluding carboxylic acids is 1. The van der Waals surface area contributed by atoms with Crippen molar-refractivity contribution < 1.29 is 9.18 Å². The third-order valence-electron chi connectivity index (χ3n) is 6.87. The molecule has 7 heteroatoms. The van der Waals surface area contributed by atoms with E-state index in [1.54, 1.807) is 12.1 Å². The molecule has 2 N–H and O–H groups in total. The number of hydrogen-bond acceptors (Lipinski definition) is 4. The summed E-state index contributed by atoms with van der Waals surface area (Å²) in [5.74, 6) is -0.644. The van der Waals surface area contributed by atoms with E-state index < -0.39 is 11.4 Å². The van der Waals surface area contributed by atoms with E-state index in [-0.39, 0.29) is 17.0 Å². The van der Waals surface area contributed by atoms with Gasteiger partial charge in [-0.1, -0.05) is 18.2 Å². The Morgan fingerprint density at radius 2 is 1.94 bits per heavy atom. The first-order valence-corrected chi connectivity index (χ1v) is 10.9. The Kier molecular flexibility index (Phi) is 4.82. The predicted molar refractivity (Wildman–Crippen MR) is 124 cm³/mol. The minimum absolute atomic E-state index is 0.170. The molecule has 1 aliphatic carbocycles. The summed E-state index contributed by atoms with van der Waals surface area (Å²) in [7, 11) is 4.16. The number of carbonyl (C=O) groups is 1. The van der Waals surface area contributed by atoms with Crippen molar-refractivity contribution in [3.8, 4) is 0 Å². The molecule has 2 aliphatic rings. The average molecular weight is 435 g/mol. The van der Waals surface area contributed by atoms with E-state index in [0.717, 1.165) is 24.3 Å². The van der Waals surface area contributed by atoms with Crippen molar-refractivity contribution in [1.29, 1.82) is 0 Å². The molecule has 32 heavy (non-hydrogen) atoms. The van der Waals surface area contributed by atoms with Gasteiger partial charge in [0, 0.05) is 41.8 Å². The van der Waals surface area contributed by atoms with E-state index in [1.165, 1.54) is 12.1 Å². The van der Waals surface area contributed by atoms with Gasteiger partial charge in [-0.3, -0.25) is 9.59 Å². The zero-order valence-corrected chi connectivity index (χ0v) is 18.5. The topological polar surface area (TPSA) is 68.4 Å². The van der Waals surface area contributed by atoms with E-state index in [1.807, 2.05) is 19.1 Å². The number of nitrogens with zero attached hydrogens (tertiary/aromatic N) is 2. The number of pyridine rings is 1. The average Bonchev–Trinajstić information content (AvgIpc) is 3.48. The van der Waals surface area contributed by atoms with Crippen molar-refractivity contribution in [2.75, 3.05) is 32.1 Å². The zero-order chi connectivity index (χ0) is 22.6. The summed E-state index contributed by atoms with van der Waals surface area (Å²) in [5, 5.41) is 3.80. The summed E-state index contributed by atoms with van der Waals surface area (Å²) >= 11 is 0. The molecular formula is C25H27FN4O2. The minimum Gasteiger partial charge on any atom is -0.368 e. The summed E-state index contributed by atoms with van der Waals surface area (Å²) in [6.45, 7) is 3.80. The maximum Gasteiger partial charge on any atom is 0.252 e. The number of hydrogen-bond donors (Lipinski definition) is 2. The number of nitrogens with one attached hydrogen (secondary N) is 2. The van der Waals surface area contributed by atoms with Crippen LogP contribution in [0.15, 0.2) is 47.3 Å². The molecule has 3 aromatic rings. The molecule has 1 aliphatic heterocycles. The lowest BCUT2D eigenvalue weighted by Gasteiger charge is -2.44. The number of anilines is 1. The summed E-state index contributed by atoms with van der Waals surface area (Å²) < 4.78 is 14.3. The number of fused-ring (bicyclic) bond motifs is 1. The fourth-order valence-corrected chi connectivity index (χ4v) is 4.56. The molecule has 1 saturated carbocycles. The van der Waals surface area contributed by atoms with Crippen LogP contribution in [0.4, 0.5) is 10.1 Å². The monoisotopic (exact) mass is 434 g/mol. The molecular weight excluding hydrogens is 407 g/mol. The Morgan fingerprint density at radius 1 is 1.19 bits per heavy atom. The van der Waals surface area contributed by atoms with Crippen molar-refractivity contribution in [1.82, 2.24) is 15.2 Å². The van der Waals surface area contributed by atoms with E-state index >= 15 is 0 Å². The van der Waals surface area contributed by atoms with Crippen LogP contribution in [0.3, 0.4) is 0 Å². The van der Waals surface area contributed by atoms with Crippen molar-refractivity contribution in [2.24, 2.45) is 0 Å². The van der Waals surface area contributed by atoms with Gasteiger partial charge in [0.1, 0.15) is 5.82 Å². The van der Waals surface area contributed by atoms with Gasteiger partial charge in [-0.2, -0.15) is 0 Å². The van der Waals surface area contributed by atoms with Gasteiger partial charge in [0.2, 0.25) is 5.56 Å². The van der Waals surface area contributed by atoms with Crippen LogP contribution in [-0.2, 0) is 5.54 Å². The van der Waals surface area contributed by atoms with Gasteiger partial charge >= 0.3 is 0 Å². The molecule has 0 radical (unpaired) electrons. The lowest BCUT2D eigenvalue weighted by atomic mass is 9.98. The number of H-pyrrole nitrogens is 1. The Balaban J connectivity index is 1.44. The van der Waals surface area contributed by atoms with Gasteiger partial charge in [0.25, 0.3) is 5.91 Å². The fraction of sp³-hybridized carbons (Fsp3) is 0.360. The number of aryl methyl sites for hydroxylation is 1. The maximum absolute atomic E-state index is 14.3. The SMILES string of the molecule is Cc1ccc(N2CC(N(C)C)C2)cc1C(=O)NC1(c2cc(=O)[nH]c3c(F)cccc23)CC1. The van der Waals surface area contributed by atoms with E-state index in [9.17, 15) is 14.0 Å². The first-order valence-electron chi connectivity index (χ1n) is 10.9. The number of amides is 1. The number of aromatic amines is 1. The summed E-state index contributed by atoms with van der Waals surface area (Å²) in [6, 6.07) is 12.7. The Labute approximate surface area is 186 Å². The molecule has 0 spiro atoms. The van der Waals surface area contributed by atoms with Crippen LogP contribution in [0.25, 0.3) is 10.9 Å². The third-order valence-corrected chi connectivity index (χ3v) is 6.87. The first kappa shape index (κ1) is 20.7.